The molecule has 292 valence electrons. The zero-order chi connectivity index (χ0) is 41.6. The molecule has 5 aliphatic carbocycles. The maximum absolute atomic E-state index is 6.46. The van der Waals surface area contributed by atoms with E-state index >= 15 is 0 Å². The molecule has 0 heterocycles. The summed E-state index contributed by atoms with van der Waals surface area (Å²) >= 11 is 0. The van der Waals surface area contributed by atoms with Gasteiger partial charge < -0.3 is 9.47 Å². The Kier molecular flexibility index (Phi) is 2.07. The molecule has 0 fully saturated rings. The van der Waals surface area contributed by atoms with Gasteiger partial charge in [-0.25, -0.2) is 0 Å². The van der Waals surface area contributed by atoms with Crippen molar-refractivity contribution in [2.75, 3.05) is 14.2 Å². The Morgan fingerprint density at radius 3 is 0.414 bits per heavy atom. The van der Waals surface area contributed by atoms with E-state index < -0.39 is 10.8 Å². The molecule has 0 radical (unpaired) electrons. The van der Waals surface area contributed by atoms with Gasteiger partial charge in [0.05, 0.1) is 25.0 Å². The summed E-state index contributed by atoms with van der Waals surface area (Å²) in [6.07, 6.45) is 0. The van der Waals surface area contributed by atoms with Gasteiger partial charge in [0.15, 0.2) is 11.5 Å². The number of ether oxygens (including phenoxy) is 2. The van der Waals surface area contributed by atoms with Crippen LogP contribution in [0, 0.1) is 0 Å². The third-order valence-electron chi connectivity index (χ3n) is 25.6. The zero-order valence-corrected chi connectivity index (χ0v) is 36.0. The maximum Gasteiger partial charge on any atom is 0.161 e. The van der Waals surface area contributed by atoms with Crippen LogP contribution in [0.5, 0.6) is 11.5 Å². The van der Waals surface area contributed by atoms with Crippen molar-refractivity contribution < 1.29 is 9.47 Å². The summed E-state index contributed by atoms with van der Waals surface area (Å²) < 4.78 is 12.9. The first-order valence-electron chi connectivity index (χ1n) is 25.9. The van der Waals surface area contributed by atoms with Gasteiger partial charge in [-0.05, 0) is 336 Å². The van der Waals surface area contributed by atoms with E-state index in [4.69, 9.17) is 9.47 Å². The van der Waals surface area contributed by atoms with Gasteiger partial charge >= 0.3 is 0 Å². The molecule has 0 unspecified atom stereocenters. The fourth-order valence-electron chi connectivity index (χ4n) is 25.6. The molecule has 0 aliphatic heterocycles. The fourth-order valence-corrected chi connectivity index (χ4v) is 25.6. The quantitative estimate of drug-likeness (QED) is 0.161. The van der Waals surface area contributed by atoms with Crippen molar-refractivity contribution in [1.29, 1.82) is 0 Å². The molecule has 0 amide bonds. The zero-order valence-electron chi connectivity index (χ0n) is 36.0. The topological polar surface area (TPSA) is 18.5 Å². The van der Waals surface area contributed by atoms with E-state index in [0.717, 1.165) is 11.5 Å². The van der Waals surface area contributed by atoms with Gasteiger partial charge in [-0.3, -0.25) is 0 Å². The number of hydrogen-bond acceptors (Lipinski definition) is 2. The Morgan fingerprint density at radius 2 is 0.300 bits per heavy atom. The van der Waals surface area contributed by atoms with Gasteiger partial charge in [0.2, 0.25) is 0 Å². The highest BCUT2D eigenvalue weighted by atomic mass is 16.5. The van der Waals surface area contributed by atoms with Crippen LogP contribution in [-0.2, 0) is 10.8 Å². The van der Waals surface area contributed by atoms with Gasteiger partial charge in [-0.15, -0.1) is 0 Å². The third-order valence-corrected chi connectivity index (χ3v) is 25.6. The van der Waals surface area contributed by atoms with Crippen LogP contribution in [0.25, 0.3) is 291 Å². The Balaban J connectivity index is 1.20. The second-order valence-corrected chi connectivity index (χ2v) is 25.5. The Bertz CT molecular complexity index is 6850. The molecule has 0 atom stereocenters. The molecule has 34 rings (SSSR count). The number of hydrogen-bond donors (Lipinski definition) is 0. The minimum atomic E-state index is -0.396. The second-order valence-electron chi connectivity index (χ2n) is 25.5. The van der Waals surface area contributed by atoms with Crippen molar-refractivity contribution in [3.63, 3.8) is 0 Å². The van der Waals surface area contributed by atoms with Gasteiger partial charge in [0.25, 0.3) is 0 Å². The molecular formula is C68H8O2. The van der Waals surface area contributed by atoms with Gasteiger partial charge in [0.1, 0.15) is 0 Å². The van der Waals surface area contributed by atoms with Gasteiger partial charge in [-0.2, -0.15) is 0 Å². The average Bonchev–Trinajstić information content (AvgIpc) is 4.28. The van der Waals surface area contributed by atoms with Crippen molar-refractivity contribution in [1.82, 2.24) is 0 Å². The van der Waals surface area contributed by atoms with E-state index in [2.05, 4.69) is 12.1 Å². The standard InChI is InChI=1S/C68H8O2/c1-69-7-3-5-6(4-8(7)70-2)68-65-57-49-39-29-21-13-10-9-11-15-17(13)25-31-23(15)33-27-19(11)20-12(9)16-18-14(10)22(21)30-36-26(18)32-24(16)34-28(20)38-37(27)47-41(33)51-45(31)53(43(49)35(25)29)61(65)59(51)63-55(47)56-48(38)42(34)52-46(32)54-44(36)50(40(30)39)58(57)66(68)62(54)60(52)64(56)67(5,63)68/h3-4H,1-2H3. The van der Waals surface area contributed by atoms with Crippen LogP contribution in [0.1, 0.15) is 33.4 Å². The molecule has 0 N–H and O–H groups in total. The Morgan fingerprint density at radius 1 is 0.186 bits per heavy atom. The summed E-state index contributed by atoms with van der Waals surface area (Å²) in [5.74, 6) is 1.74. The van der Waals surface area contributed by atoms with Crippen molar-refractivity contribution in [2.45, 2.75) is 10.8 Å². The lowest BCUT2D eigenvalue weighted by Crippen LogP contribution is -2.61. The second kappa shape index (κ2) is 5.67. The lowest BCUT2D eigenvalue weighted by atomic mass is 9.36. The smallest absolute Gasteiger partial charge is 0.161 e. The average molecular weight is 857 g/mol. The predicted molar refractivity (Wildman–Crippen MR) is 292 cm³/mol. The van der Waals surface area contributed by atoms with Crippen molar-refractivity contribution in [2.24, 2.45) is 0 Å². The van der Waals surface area contributed by atoms with E-state index in [0.29, 0.717) is 0 Å². The summed E-state index contributed by atoms with van der Waals surface area (Å²) in [5.41, 5.74) is 8.91. The summed E-state index contributed by atoms with van der Waals surface area (Å²) in [5, 5.41) is 88.5. The van der Waals surface area contributed by atoms with Crippen LogP contribution in [0.3, 0.4) is 0 Å². The van der Waals surface area contributed by atoms with Crippen molar-refractivity contribution in [3.8, 4) is 11.5 Å². The molecule has 0 bridgehead atoms. The van der Waals surface area contributed by atoms with Gasteiger partial charge in [-0.1, -0.05) is 0 Å². The number of rotatable bonds is 2. The summed E-state index contributed by atoms with van der Waals surface area (Å²) in [6, 6.07) is 5.01. The van der Waals surface area contributed by atoms with Crippen molar-refractivity contribution >= 4 is 291 Å². The molecule has 2 heteroatoms. The minimum Gasteiger partial charge on any atom is -0.493 e. The first-order valence-corrected chi connectivity index (χ1v) is 25.9. The normalized spacial score (nSPS) is 22.0. The van der Waals surface area contributed by atoms with E-state index in [-0.39, 0.29) is 0 Å². The highest BCUT2D eigenvalue weighted by Gasteiger charge is 2.77. The first kappa shape index (κ1) is 25.6. The molecular weight excluding hydrogens is 849 g/mol. The third kappa shape index (κ3) is 1.28. The van der Waals surface area contributed by atoms with E-state index in [9.17, 15) is 0 Å². The molecule has 0 saturated heterocycles. The minimum absolute atomic E-state index is 0.396. The predicted octanol–water partition coefficient (Wildman–Crippen LogP) is 17.7. The number of fused-ring (bicyclic) bond motifs is 1. The maximum atomic E-state index is 6.46. The van der Waals surface area contributed by atoms with Crippen LogP contribution in [0.15, 0.2) is 12.1 Å². The van der Waals surface area contributed by atoms with Crippen LogP contribution in [0.4, 0.5) is 0 Å². The van der Waals surface area contributed by atoms with Crippen LogP contribution in [-0.4, -0.2) is 14.2 Å². The molecule has 29 aromatic rings. The monoisotopic (exact) mass is 856 g/mol. The van der Waals surface area contributed by atoms with Crippen LogP contribution < -0.4 is 9.47 Å². The molecule has 5 aliphatic rings. The van der Waals surface area contributed by atoms with E-state index in [1.165, 1.54) is 11.1 Å². The fraction of sp³-hybridized carbons (Fsp3) is 0.0588. The van der Waals surface area contributed by atoms with Crippen LogP contribution in [0.2, 0.25) is 0 Å². The Hall–Kier alpha value is -8.72. The molecule has 29 aromatic carbocycles. The molecule has 70 heavy (non-hydrogen) atoms. The van der Waals surface area contributed by atoms with Crippen LogP contribution >= 0.6 is 0 Å². The number of methoxy groups -OCH3 is 2. The summed E-state index contributed by atoms with van der Waals surface area (Å²) in [4.78, 5) is 0. The number of benzene rings is 19. The molecule has 0 aromatic heterocycles. The summed E-state index contributed by atoms with van der Waals surface area (Å²) in [7, 11) is 3.73. The summed E-state index contributed by atoms with van der Waals surface area (Å²) in [6.45, 7) is 0. The Labute approximate surface area is 380 Å². The highest BCUT2D eigenvalue weighted by molar-refractivity contribution is 6.82. The molecule has 2 nitrogen and oxygen atoms in total. The molecule has 2 spiro atoms. The highest BCUT2D eigenvalue weighted by Crippen LogP contribution is 2.88. The lowest BCUT2D eigenvalue weighted by Gasteiger charge is -2.63. The first-order chi connectivity index (χ1) is 34.8. The van der Waals surface area contributed by atoms with E-state index in [1.807, 2.05) is 14.2 Å². The van der Waals surface area contributed by atoms with Crippen molar-refractivity contribution in [3.05, 3.63) is 45.5 Å². The van der Waals surface area contributed by atoms with E-state index in [1.54, 1.807) is 313 Å². The largest absolute Gasteiger partial charge is 0.493 e. The molecule has 0 saturated carbocycles. The SMILES string of the molecule is COc1cc2c(cc1OC)C13c4c5c6c7c8c9c(c%10c%11c1c1c4c4c%12c5c5c6c6c8c8c%13c9c9c%10c%10c%11c%11c1c1c4c4c%12c%12c5c5c6c8c6c8c%13c9c9c%10c%10c%11c1c1c4c4c%12c5c6c5c8c9c%10c1c45)C273. The van der Waals surface area contributed by atoms with Gasteiger partial charge in [0, 0.05) is 0 Å². The lowest BCUT2D eigenvalue weighted by molar-refractivity contribution is 0.334.